The fraction of sp³-hybridized carbons (Fsp3) is 0.160. The highest BCUT2D eigenvalue weighted by Gasteiger charge is 2.18. The van der Waals surface area contributed by atoms with E-state index in [1.807, 2.05) is 59.3 Å². The molecule has 1 heterocycles. The molecule has 0 aliphatic carbocycles. The molecule has 0 saturated carbocycles. The number of rotatable bonds is 8. The van der Waals surface area contributed by atoms with Gasteiger partial charge in [0, 0.05) is 24.0 Å². The Morgan fingerprint density at radius 1 is 1.12 bits per heavy atom. The quantitative estimate of drug-likeness (QED) is 0.146. The minimum Gasteiger partial charge on any atom is -0.302 e. The Kier molecular flexibility index (Phi) is 7.85. The highest BCUT2D eigenvalue weighted by Crippen LogP contribution is 2.32. The number of aromatic nitrogens is 2. The Morgan fingerprint density at radius 3 is 2.53 bits per heavy atom. The van der Waals surface area contributed by atoms with E-state index >= 15 is 0 Å². The van der Waals surface area contributed by atoms with Gasteiger partial charge in [0.05, 0.1) is 21.0 Å². The highest BCUT2D eigenvalue weighted by molar-refractivity contribution is 7.80. The molecule has 0 spiro atoms. The fourth-order valence-electron chi connectivity index (χ4n) is 3.54. The second-order valence-corrected chi connectivity index (χ2v) is 9.65. The molecule has 4 rings (SSSR count). The summed E-state index contributed by atoms with van der Waals surface area (Å²) in [5.74, 6) is 0.639. The van der Waals surface area contributed by atoms with Crippen LogP contribution in [-0.4, -0.2) is 31.0 Å². The molecule has 0 fully saturated rings. The number of hydrogen-bond acceptors (Lipinski definition) is 4. The number of benzene rings is 3. The minimum absolute atomic E-state index is 0.162. The van der Waals surface area contributed by atoms with Crippen molar-refractivity contribution >= 4 is 35.3 Å². The van der Waals surface area contributed by atoms with E-state index in [-0.39, 0.29) is 6.54 Å². The molecule has 3 unspecified atom stereocenters. The largest absolute Gasteiger partial charge is 0.302 e. The number of imidazole rings is 1. The molecule has 34 heavy (non-hydrogen) atoms. The average molecular weight is 516 g/mol. The van der Waals surface area contributed by atoms with Gasteiger partial charge >= 0.3 is 0 Å². The number of nitrogens with zero attached hydrogens (tertiary/aromatic N) is 2. The van der Waals surface area contributed by atoms with Crippen LogP contribution < -0.4 is 5.32 Å². The molecule has 4 aromatic rings. The number of thiol groups is 1. The second-order valence-electron chi connectivity index (χ2n) is 7.75. The Balaban J connectivity index is 1.73. The first-order chi connectivity index (χ1) is 16.3. The predicted octanol–water partition coefficient (Wildman–Crippen LogP) is 6.32. The van der Waals surface area contributed by atoms with Crippen LogP contribution in [0.15, 0.2) is 83.9 Å². The van der Waals surface area contributed by atoms with Crippen molar-refractivity contribution in [1.82, 2.24) is 14.9 Å². The van der Waals surface area contributed by atoms with Crippen molar-refractivity contribution < 1.29 is 13.2 Å². The highest BCUT2D eigenvalue weighted by atomic mass is 35.5. The molecule has 5 nitrogen and oxygen atoms in total. The molecule has 3 aromatic carbocycles. The van der Waals surface area contributed by atoms with Gasteiger partial charge in [-0.3, -0.25) is 9.88 Å². The van der Waals surface area contributed by atoms with Crippen molar-refractivity contribution in [2.45, 2.75) is 23.4 Å². The first kappa shape index (κ1) is 24.6. The van der Waals surface area contributed by atoms with E-state index in [9.17, 15) is 13.2 Å². The average Bonchev–Trinajstić information content (AvgIpc) is 3.28. The molecular weight excluding hydrogens is 493 g/mol. The van der Waals surface area contributed by atoms with Crippen molar-refractivity contribution in [3.05, 3.63) is 89.7 Å². The van der Waals surface area contributed by atoms with Crippen LogP contribution in [0.4, 0.5) is 4.39 Å². The smallest absolute Gasteiger partial charge is 0.186 e. The maximum Gasteiger partial charge on any atom is 0.186 e. The third kappa shape index (κ3) is 5.59. The van der Waals surface area contributed by atoms with E-state index in [1.165, 1.54) is 6.92 Å². The molecule has 0 amide bonds. The van der Waals surface area contributed by atoms with Crippen LogP contribution in [0.3, 0.4) is 0 Å². The first-order valence-corrected chi connectivity index (χ1v) is 12.5. The van der Waals surface area contributed by atoms with E-state index in [0.717, 1.165) is 22.4 Å². The maximum absolute atomic E-state index is 13.3. The van der Waals surface area contributed by atoms with Gasteiger partial charge in [-0.25, -0.2) is 13.6 Å². The van der Waals surface area contributed by atoms with Crippen molar-refractivity contribution in [2.75, 3.05) is 6.54 Å². The summed E-state index contributed by atoms with van der Waals surface area (Å²) in [7, 11) is 0. The molecule has 0 aliphatic heterocycles. The van der Waals surface area contributed by atoms with Gasteiger partial charge in [-0.2, -0.15) is 12.6 Å². The van der Waals surface area contributed by atoms with E-state index < -0.39 is 22.6 Å². The monoisotopic (exact) mass is 515 g/mol. The number of alkyl halides is 1. The van der Waals surface area contributed by atoms with Gasteiger partial charge in [0.15, 0.2) is 11.1 Å². The van der Waals surface area contributed by atoms with Gasteiger partial charge < -0.3 is 4.55 Å². The predicted molar refractivity (Wildman–Crippen MR) is 139 cm³/mol. The normalized spacial score (nSPS) is 14.0. The van der Waals surface area contributed by atoms with E-state index in [0.29, 0.717) is 21.4 Å². The summed E-state index contributed by atoms with van der Waals surface area (Å²) < 4.78 is 36.0. The molecule has 176 valence electrons. The summed E-state index contributed by atoms with van der Waals surface area (Å²) in [6.07, 6.45) is 0.852. The zero-order chi connectivity index (χ0) is 24.2. The number of halogens is 2. The van der Waals surface area contributed by atoms with E-state index in [4.69, 9.17) is 16.6 Å². The zero-order valence-electron chi connectivity index (χ0n) is 18.2. The molecule has 0 aliphatic rings. The van der Waals surface area contributed by atoms with Gasteiger partial charge in [0.25, 0.3) is 0 Å². The molecule has 0 bridgehead atoms. The lowest BCUT2D eigenvalue weighted by molar-refractivity contribution is 0.343. The first-order valence-electron chi connectivity index (χ1n) is 10.5. The molecular formula is C25H23ClFN3O2S2. The summed E-state index contributed by atoms with van der Waals surface area (Å²) in [4.78, 5) is 5.11. The lowest BCUT2D eigenvalue weighted by Crippen LogP contribution is -2.24. The Morgan fingerprint density at radius 2 is 1.85 bits per heavy atom. The molecule has 3 atom stereocenters. The Labute approximate surface area is 210 Å². The van der Waals surface area contributed by atoms with Crippen LogP contribution in [0.2, 0.25) is 5.02 Å². The van der Waals surface area contributed by atoms with Crippen LogP contribution in [0.25, 0.3) is 28.2 Å². The van der Waals surface area contributed by atoms with Gasteiger partial charge in [-0.05, 0) is 54.4 Å². The Hall–Kier alpha value is -2.49. The Bertz CT molecular complexity index is 1310. The van der Waals surface area contributed by atoms with Crippen molar-refractivity contribution in [3.63, 3.8) is 0 Å². The second kappa shape index (κ2) is 10.8. The van der Waals surface area contributed by atoms with Crippen LogP contribution in [0, 0.1) is 0 Å². The summed E-state index contributed by atoms with van der Waals surface area (Å²) in [6.45, 7) is 1.64. The third-order valence-corrected chi connectivity index (χ3v) is 6.66. The molecule has 1 aromatic heterocycles. The van der Waals surface area contributed by atoms with Crippen LogP contribution >= 0.6 is 24.2 Å². The summed E-state index contributed by atoms with van der Waals surface area (Å²) >= 11 is 8.99. The van der Waals surface area contributed by atoms with Crippen LogP contribution in [0.5, 0.6) is 0 Å². The van der Waals surface area contributed by atoms with Crippen LogP contribution in [0.1, 0.15) is 18.0 Å². The molecule has 0 radical (unpaired) electrons. The van der Waals surface area contributed by atoms with Gasteiger partial charge in [0.1, 0.15) is 12.0 Å². The minimum atomic E-state index is -2.04. The summed E-state index contributed by atoms with van der Waals surface area (Å²) in [5, 5.41) is 3.14. The maximum atomic E-state index is 13.3. The molecule has 9 heteroatoms. The third-order valence-electron chi connectivity index (χ3n) is 5.23. The summed E-state index contributed by atoms with van der Waals surface area (Å²) in [5.41, 5.74) is 3.99. The van der Waals surface area contributed by atoms with Gasteiger partial charge in [-0.1, -0.05) is 48.0 Å². The van der Waals surface area contributed by atoms with E-state index in [2.05, 4.69) is 17.9 Å². The SMILES string of the molecule is CC(F)CNC(S)c1cn(-c2ccc(-c3cccc(S(=O)O)c3)cc2)c(-c2ccccc2Cl)n1. The lowest BCUT2D eigenvalue weighted by Gasteiger charge is -2.11. The lowest BCUT2D eigenvalue weighted by atomic mass is 10.1. The summed E-state index contributed by atoms with van der Waals surface area (Å²) in [6, 6.07) is 22.1. The van der Waals surface area contributed by atoms with Gasteiger partial charge in [0.2, 0.25) is 0 Å². The number of nitrogens with one attached hydrogen (secondary N) is 1. The standard InChI is InChI=1S/C25H23ClFN3O2S2/c1-16(27)14-28-25(33)23-15-30(24(29-23)21-7-2-3-8-22(21)26)19-11-9-17(10-12-19)18-5-4-6-20(13-18)34(31)32/h2-13,15-16,25,28,33H,14H2,1H3,(H,31,32). The number of hydrogen-bond donors (Lipinski definition) is 3. The van der Waals surface area contributed by atoms with Crippen molar-refractivity contribution in [2.24, 2.45) is 0 Å². The molecule has 2 N–H and O–H groups in total. The van der Waals surface area contributed by atoms with Crippen molar-refractivity contribution in [1.29, 1.82) is 0 Å². The molecule has 0 saturated heterocycles. The van der Waals surface area contributed by atoms with E-state index in [1.54, 1.807) is 24.3 Å². The van der Waals surface area contributed by atoms with Crippen molar-refractivity contribution in [3.8, 4) is 28.2 Å². The topological polar surface area (TPSA) is 67.2 Å². The zero-order valence-corrected chi connectivity index (χ0v) is 20.7. The fourth-order valence-corrected chi connectivity index (χ4v) is 4.41. The van der Waals surface area contributed by atoms with Crippen LogP contribution in [-0.2, 0) is 11.1 Å². The van der Waals surface area contributed by atoms with Gasteiger partial charge in [-0.15, -0.1) is 0 Å².